The lowest BCUT2D eigenvalue weighted by Gasteiger charge is -2.21. The summed E-state index contributed by atoms with van der Waals surface area (Å²) in [5.41, 5.74) is 0.463. The van der Waals surface area contributed by atoms with Crippen LogP contribution in [0.5, 0.6) is 0 Å². The van der Waals surface area contributed by atoms with E-state index in [4.69, 9.17) is 0 Å². The fourth-order valence-corrected chi connectivity index (χ4v) is 1.63. The van der Waals surface area contributed by atoms with Crippen LogP contribution in [0.3, 0.4) is 0 Å². The van der Waals surface area contributed by atoms with Gasteiger partial charge in [0.05, 0.1) is 0 Å². The Balaban J connectivity index is 3.51. The maximum Gasteiger partial charge on any atom is -0.00651 e. The van der Waals surface area contributed by atoms with Crippen molar-refractivity contribution in [2.75, 3.05) is 12.0 Å². The molecule has 0 radical (unpaired) electrons. The van der Waals surface area contributed by atoms with Gasteiger partial charge >= 0.3 is 0 Å². The Morgan fingerprint density at radius 1 is 1.50 bits per heavy atom. The highest BCUT2D eigenvalue weighted by atomic mass is 32.2. The largest absolute Gasteiger partial charge is 0.165 e. The van der Waals surface area contributed by atoms with Crippen molar-refractivity contribution in [3.8, 4) is 0 Å². The summed E-state index contributed by atoms with van der Waals surface area (Å²) in [5.74, 6) is 1.26. The van der Waals surface area contributed by atoms with Crippen LogP contribution in [0.25, 0.3) is 0 Å². The number of thioether (sulfide) groups is 1. The van der Waals surface area contributed by atoms with Crippen molar-refractivity contribution in [1.82, 2.24) is 0 Å². The van der Waals surface area contributed by atoms with Gasteiger partial charge in [0.1, 0.15) is 0 Å². The highest BCUT2D eigenvalue weighted by Crippen LogP contribution is 2.26. The fourth-order valence-electron chi connectivity index (χ4n) is 0.871. The Labute approximate surface area is 69.1 Å². The Hall–Kier alpha value is 0.0900. The minimum Gasteiger partial charge on any atom is -0.165 e. The van der Waals surface area contributed by atoms with Crippen LogP contribution in [-0.2, 0) is 0 Å². The minimum absolute atomic E-state index is 0.463. The molecule has 0 aromatic rings. The molecule has 0 saturated heterocycles. The molecular weight excluding hydrogens is 140 g/mol. The predicted molar refractivity (Wildman–Crippen MR) is 51.6 cm³/mol. The van der Waals surface area contributed by atoms with Gasteiger partial charge in [-0.1, -0.05) is 19.9 Å². The van der Waals surface area contributed by atoms with Crippen molar-refractivity contribution in [2.24, 2.45) is 5.41 Å². The topological polar surface area (TPSA) is 0 Å². The lowest BCUT2D eigenvalue weighted by molar-refractivity contribution is 0.360. The van der Waals surface area contributed by atoms with Gasteiger partial charge in [-0.3, -0.25) is 0 Å². The van der Waals surface area contributed by atoms with E-state index in [0.717, 1.165) is 6.42 Å². The zero-order chi connectivity index (χ0) is 8.04. The van der Waals surface area contributed by atoms with Crippen LogP contribution < -0.4 is 0 Å². The molecule has 0 rings (SSSR count). The third-order valence-electron chi connectivity index (χ3n) is 1.68. The van der Waals surface area contributed by atoms with Gasteiger partial charge in [0.2, 0.25) is 0 Å². The van der Waals surface area contributed by atoms with Gasteiger partial charge < -0.3 is 0 Å². The normalized spacial score (nSPS) is 11.5. The smallest absolute Gasteiger partial charge is 0.00651 e. The van der Waals surface area contributed by atoms with Gasteiger partial charge in [0.15, 0.2) is 0 Å². The van der Waals surface area contributed by atoms with Crippen molar-refractivity contribution in [3.05, 3.63) is 12.7 Å². The highest BCUT2D eigenvalue weighted by molar-refractivity contribution is 7.98. The molecule has 0 aliphatic rings. The minimum atomic E-state index is 0.463. The van der Waals surface area contributed by atoms with Crippen molar-refractivity contribution in [1.29, 1.82) is 0 Å². The van der Waals surface area contributed by atoms with Gasteiger partial charge in [-0.05, 0) is 30.3 Å². The van der Waals surface area contributed by atoms with Crippen molar-refractivity contribution < 1.29 is 0 Å². The average molecular weight is 158 g/mol. The number of hydrogen-bond donors (Lipinski definition) is 0. The monoisotopic (exact) mass is 158 g/mol. The predicted octanol–water partition coefficient (Wildman–Crippen LogP) is 3.34. The third kappa shape index (κ3) is 4.92. The summed E-state index contributed by atoms with van der Waals surface area (Å²) in [6.45, 7) is 8.34. The van der Waals surface area contributed by atoms with E-state index < -0.39 is 0 Å². The summed E-state index contributed by atoms with van der Waals surface area (Å²) in [6, 6.07) is 0. The van der Waals surface area contributed by atoms with Gasteiger partial charge in [-0.15, -0.1) is 6.58 Å². The average Bonchev–Trinajstić information content (AvgIpc) is 1.84. The molecule has 0 aromatic carbocycles. The van der Waals surface area contributed by atoms with Crippen LogP contribution in [0.15, 0.2) is 12.7 Å². The summed E-state index contributed by atoms with van der Waals surface area (Å²) in [7, 11) is 0. The number of rotatable bonds is 5. The van der Waals surface area contributed by atoms with Crippen molar-refractivity contribution in [2.45, 2.75) is 26.7 Å². The third-order valence-corrected chi connectivity index (χ3v) is 2.29. The summed E-state index contributed by atoms with van der Waals surface area (Å²) in [6.07, 6.45) is 6.60. The summed E-state index contributed by atoms with van der Waals surface area (Å²) in [4.78, 5) is 0. The first-order chi connectivity index (χ1) is 4.62. The zero-order valence-electron chi connectivity index (χ0n) is 7.31. The Morgan fingerprint density at radius 3 is 2.50 bits per heavy atom. The van der Waals surface area contributed by atoms with E-state index in [1.807, 2.05) is 17.8 Å². The molecule has 0 N–H and O–H groups in total. The number of hydrogen-bond acceptors (Lipinski definition) is 1. The summed E-state index contributed by atoms with van der Waals surface area (Å²) in [5, 5.41) is 0. The summed E-state index contributed by atoms with van der Waals surface area (Å²) < 4.78 is 0. The van der Waals surface area contributed by atoms with E-state index in [1.54, 1.807) is 0 Å². The molecule has 0 nitrogen and oxygen atoms in total. The molecule has 0 aliphatic carbocycles. The van der Waals surface area contributed by atoms with Crippen molar-refractivity contribution in [3.63, 3.8) is 0 Å². The Kier molecular flexibility index (Phi) is 4.88. The van der Waals surface area contributed by atoms with E-state index in [0.29, 0.717) is 5.41 Å². The first kappa shape index (κ1) is 10.1. The molecule has 0 unspecified atom stereocenters. The Morgan fingerprint density at radius 2 is 2.10 bits per heavy atom. The van der Waals surface area contributed by atoms with E-state index >= 15 is 0 Å². The van der Waals surface area contributed by atoms with Crippen LogP contribution in [0.4, 0.5) is 0 Å². The van der Waals surface area contributed by atoms with E-state index in [1.165, 1.54) is 12.2 Å². The van der Waals surface area contributed by atoms with E-state index in [-0.39, 0.29) is 0 Å². The van der Waals surface area contributed by atoms with E-state index in [2.05, 4.69) is 26.7 Å². The van der Waals surface area contributed by atoms with Crippen LogP contribution in [-0.4, -0.2) is 12.0 Å². The molecule has 0 aromatic heterocycles. The van der Waals surface area contributed by atoms with Gasteiger partial charge in [0.25, 0.3) is 0 Å². The molecule has 10 heavy (non-hydrogen) atoms. The molecule has 60 valence electrons. The first-order valence-corrected chi connectivity index (χ1v) is 5.11. The molecule has 0 atom stereocenters. The van der Waals surface area contributed by atoms with Crippen LogP contribution >= 0.6 is 11.8 Å². The highest BCUT2D eigenvalue weighted by Gasteiger charge is 2.14. The Bertz CT molecular complexity index is 94.9. The molecule has 0 aliphatic heterocycles. The second-order valence-electron chi connectivity index (χ2n) is 3.40. The molecule has 0 amide bonds. The van der Waals surface area contributed by atoms with Crippen LogP contribution in [0.1, 0.15) is 26.7 Å². The lowest BCUT2D eigenvalue weighted by atomic mass is 9.87. The second kappa shape index (κ2) is 4.84. The van der Waals surface area contributed by atoms with Gasteiger partial charge in [-0.2, -0.15) is 11.8 Å². The summed E-state index contributed by atoms with van der Waals surface area (Å²) >= 11 is 1.92. The lowest BCUT2D eigenvalue weighted by Crippen LogP contribution is -2.10. The van der Waals surface area contributed by atoms with Crippen molar-refractivity contribution >= 4 is 11.8 Å². The maximum absolute atomic E-state index is 3.75. The molecule has 0 fully saturated rings. The maximum atomic E-state index is 3.75. The molecule has 0 spiro atoms. The molecular formula is C9H18S. The zero-order valence-corrected chi connectivity index (χ0v) is 8.13. The molecule has 0 heterocycles. The SMILES string of the molecule is C=CCC(C)(C)CCSC. The van der Waals surface area contributed by atoms with Crippen LogP contribution in [0.2, 0.25) is 0 Å². The van der Waals surface area contributed by atoms with E-state index in [9.17, 15) is 0 Å². The molecule has 0 bridgehead atoms. The standard InChI is InChI=1S/C9H18S/c1-5-6-9(2,3)7-8-10-4/h5H,1,6-8H2,2-4H3. The molecule has 1 heteroatoms. The fraction of sp³-hybridized carbons (Fsp3) is 0.778. The number of allylic oxidation sites excluding steroid dienone is 1. The second-order valence-corrected chi connectivity index (χ2v) is 4.39. The van der Waals surface area contributed by atoms with Gasteiger partial charge in [-0.25, -0.2) is 0 Å². The molecule has 0 saturated carbocycles. The first-order valence-electron chi connectivity index (χ1n) is 3.72. The van der Waals surface area contributed by atoms with Crippen LogP contribution in [0, 0.1) is 5.41 Å². The quantitative estimate of drug-likeness (QED) is 0.553. The van der Waals surface area contributed by atoms with Gasteiger partial charge in [0, 0.05) is 0 Å².